The lowest BCUT2D eigenvalue weighted by Crippen LogP contribution is -1.93. The van der Waals surface area contributed by atoms with Crippen molar-refractivity contribution in [1.82, 2.24) is 0 Å². The van der Waals surface area contributed by atoms with E-state index in [2.05, 4.69) is 111 Å². The highest BCUT2D eigenvalue weighted by molar-refractivity contribution is 6.39. The summed E-state index contributed by atoms with van der Waals surface area (Å²) >= 11 is 0. The molecular weight excluding hydrogens is 456 g/mol. The Labute approximate surface area is 220 Å². The molecule has 0 spiro atoms. The Morgan fingerprint density at radius 1 is 0.342 bits per heavy atom. The van der Waals surface area contributed by atoms with Crippen LogP contribution in [0, 0.1) is 0 Å². The van der Waals surface area contributed by atoms with Gasteiger partial charge in [-0.05, 0) is 128 Å². The van der Waals surface area contributed by atoms with Crippen molar-refractivity contribution in [3.63, 3.8) is 0 Å². The van der Waals surface area contributed by atoms with Crippen molar-refractivity contribution in [3.8, 4) is 0 Å². The second kappa shape index (κ2) is 7.11. The van der Waals surface area contributed by atoms with Gasteiger partial charge in [0.2, 0.25) is 0 Å². The number of benzene rings is 7. The lowest BCUT2D eigenvalue weighted by atomic mass is 9.89. The lowest BCUT2D eigenvalue weighted by Gasteiger charge is -2.15. The van der Waals surface area contributed by atoms with E-state index in [0.717, 1.165) is 12.8 Å². The van der Waals surface area contributed by atoms with Gasteiger partial charge in [0.25, 0.3) is 0 Å². The summed E-state index contributed by atoms with van der Waals surface area (Å²) in [4.78, 5) is 0. The van der Waals surface area contributed by atoms with E-state index in [4.69, 9.17) is 0 Å². The molecule has 0 aromatic heterocycles. The highest BCUT2D eigenvalue weighted by atomic mass is 14.3. The maximum atomic E-state index is 2.53. The van der Waals surface area contributed by atoms with Crippen molar-refractivity contribution in [2.45, 2.75) is 26.7 Å². The van der Waals surface area contributed by atoms with E-state index in [1.54, 1.807) is 0 Å². The van der Waals surface area contributed by atoms with Crippen molar-refractivity contribution >= 4 is 86.2 Å². The van der Waals surface area contributed by atoms with Crippen LogP contribution in [0.15, 0.2) is 97.1 Å². The van der Waals surface area contributed by atoms with Gasteiger partial charge in [0.1, 0.15) is 0 Å². The smallest absolute Gasteiger partial charge is 0.00197 e. The molecule has 0 amide bonds. The molecular formula is C38H26. The van der Waals surface area contributed by atoms with Crippen molar-refractivity contribution in [2.24, 2.45) is 0 Å². The van der Waals surface area contributed by atoms with Gasteiger partial charge in [0, 0.05) is 0 Å². The van der Waals surface area contributed by atoms with Gasteiger partial charge < -0.3 is 0 Å². The number of rotatable bonds is 2. The first-order valence-corrected chi connectivity index (χ1v) is 13.9. The summed E-state index contributed by atoms with van der Waals surface area (Å²) in [6.45, 7) is 4.67. The number of fused-ring (bicyclic) bond motifs is 9. The lowest BCUT2D eigenvalue weighted by molar-refractivity contribution is 1.16. The predicted octanol–water partition coefficient (Wildman–Crippen LogP) is 10.9. The van der Waals surface area contributed by atoms with Crippen LogP contribution in [0.3, 0.4) is 0 Å². The first-order valence-electron chi connectivity index (χ1n) is 13.9. The molecule has 0 saturated carbocycles. The van der Waals surface area contributed by atoms with E-state index < -0.39 is 0 Å². The van der Waals surface area contributed by atoms with Crippen LogP contribution in [-0.2, 0) is 12.8 Å². The fourth-order valence-corrected chi connectivity index (χ4v) is 7.80. The molecule has 0 bridgehead atoms. The Balaban J connectivity index is 1.60. The standard InChI is InChI=1S/C38H26/c1-3-23-30-19-32-27-14-7-11-21-12-8-15-28(35(21)27)33(32)20-31(30)24(4-2)38-34-18-22-10-5-6-13-25(22)26-16-9-17-29(36(26)34)37(23)38/h5-20H,3-4H2,1-2H3. The van der Waals surface area contributed by atoms with Crippen LogP contribution in [0.5, 0.6) is 0 Å². The molecule has 0 atom stereocenters. The first kappa shape index (κ1) is 20.6. The summed E-state index contributed by atoms with van der Waals surface area (Å²) in [5.41, 5.74) is 2.98. The zero-order valence-corrected chi connectivity index (χ0v) is 21.7. The topological polar surface area (TPSA) is 0 Å². The largest absolute Gasteiger partial charge is 0.0616 e. The Hall–Kier alpha value is -4.42. The van der Waals surface area contributed by atoms with E-state index in [1.165, 1.54) is 97.3 Å². The van der Waals surface area contributed by atoms with Gasteiger partial charge in [-0.2, -0.15) is 0 Å². The SMILES string of the molecule is CCc1c2cc3c(cc2c(CC)c2c4cc5ccccc5c5cccc(c12)c54)c1cccc2cccc3c21. The second-order valence-corrected chi connectivity index (χ2v) is 10.9. The molecule has 0 aliphatic heterocycles. The van der Waals surface area contributed by atoms with Crippen molar-refractivity contribution < 1.29 is 0 Å². The number of hydrogen-bond donors (Lipinski definition) is 0. The summed E-state index contributed by atoms with van der Waals surface area (Å²) in [6.07, 6.45) is 2.03. The summed E-state index contributed by atoms with van der Waals surface area (Å²) in [5.74, 6) is 0. The molecule has 0 aliphatic carbocycles. The van der Waals surface area contributed by atoms with Gasteiger partial charge in [0.05, 0.1) is 0 Å². The fourth-order valence-electron chi connectivity index (χ4n) is 7.80. The molecule has 38 heavy (non-hydrogen) atoms. The van der Waals surface area contributed by atoms with Gasteiger partial charge in [-0.3, -0.25) is 0 Å². The average Bonchev–Trinajstić information content (AvgIpc) is 3.46. The minimum atomic E-state index is 1.01. The molecule has 0 heterocycles. The van der Waals surface area contributed by atoms with Gasteiger partial charge in [-0.25, -0.2) is 0 Å². The van der Waals surface area contributed by atoms with Crippen LogP contribution in [0.4, 0.5) is 0 Å². The van der Waals surface area contributed by atoms with Crippen LogP contribution < -0.4 is 0 Å². The maximum Gasteiger partial charge on any atom is -0.00197 e. The molecule has 0 nitrogen and oxygen atoms in total. The molecule has 0 N–H and O–H groups in total. The molecule has 0 heteroatoms. The van der Waals surface area contributed by atoms with Crippen molar-refractivity contribution in [1.29, 1.82) is 0 Å². The Bertz CT molecular complexity index is 2400. The number of hydrogen-bond acceptors (Lipinski definition) is 0. The Kier molecular flexibility index (Phi) is 3.86. The van der Waals surface area contributed by atoms with E-state index in [-0.39, 0.29) is 0 Å². The normalized spacial score (nSPS) is 12.7. The van der Waals surface area contributed by atoms with E-state index in [0.29, 0.717) is 0 Å². The van der Waals surface area contributed by atoms with Crippen LogP contribution in [0.25, 0.3) is 86.2 Å². The minimum absolute atomic E-state index is 1.01. The Morgan fingerprint density at radius 2 is 0.842 bits per heavy atom. The third-order valence-electron chi connectivity index (χ3n) is 9.28. The third-order valence-corrected chi connectivity index (χ3v) is 9.28. The highest BCUT2D eigenvalue weighted by Crippen LogP contribution is 2.49. The van der Waals surface area contributed by atoms with Crippen LogP contribution in [0.2, 0.25) is 0 Å². The van der Waals surface area contributed by atoms with Gasteiger partial charge >= 0.3 is 0 Å². The molecule has 0 saturated heterocycles. The van der Waals surface area contributed by atoms with E-state index in [9.17, 15) is 0 Å². The van der Waals surface area contributed by atoms with Crippen LogP contribution >= 0.6 is 0 Å². The molecule has 9 rings (SSSR count). The minimum Gasteiger partial charge on any atom is -0.0616 e. The van der Waals surface area contributed by atoms with Crippen molar-refractivity contribution in [3.05, 3.63) is 108 Å². The summed E-state index contributed by atoms with van der Waals surface area (Å²) in [7, 11) is 0. The molecule has 178 valence electrons. The third kappa shape index (κ3) is 2.33. The summed E-state index contributed by atoms with van der Waals surface area (Å²) in [5, 5.41) is 22.4. The molecule has 9 aromatic rings. The van der Waals surface area contributed by atoms with Gasteiger partial charge in [0.15, 0.2) is 0 Å². The van der Waals surface area contributed by atoms with E-state index >= 15 is 0 Å². The van der Waals surface area contributed by atoms with Gasteiger partial charge in [-0.15, -0.1) is 0 Å². The molecule has 0 aliphatic rings. The monoisotopic (exact) mass is 482 g/mol. The van der Waals surface area contributed by atoms with Crippen LogP contribution in [-0.4, -0.2) is 0 Å². The molecule has 0 fully saturated rings. The molecule has 9 aromatic carbocycles. The number of aryl methyl sites for hydroxylation is 2. The summed E-state index contributed by atoms with van der Waals surface area (Å²) in [6, 6.07) is 36.9. The van der Waals surface area contributed by atoms with Gasteiger partial charge in [-0.1, -0.05) is 92.7 Å². The fraction of sp³-hybridized carbons (Fsp3) is 0.105. The maximum absolute atomic E-state index is 2.53. The van der Waals surface area contributed by atoms with E-state index in [1.807, 2.05) is 0 Å². The quantitative estimate of drug-likeness (QED) is 0.215. The predicted molar refractivity (Wildman–Crippen MR) is 168 cm³/mol. The van der Waals surface area contributed by atoms with Crippen LogP contribution in [0.1, 0.15) is 25.0 Å². The zero-order chi connectivity index (χ0) is 25.1. The first-order chi connectivity index (χ1) is 18.8. The molecule has 0 radical (unpaired) electrons. The zero-order valence-electron chi connectivity index (χ0n) is 21.7. The average molecular weight is 483 g/mol. The van der Waals surface area contributed by atoms with Crippen molar-refractivity contribution in [2.75, 3.05) is 0 Å². The second-order valence-electron chi connectivity index (χ2n) is 10.9. The summed E-state index contributed by atoms with van der Waals surface area (Å²) < 4.78 is 0. The Morgan fingerprint density at radius 3 is 1.50 bits per heavy atom. The highest BCUT2D eigenvalue weighted by Gasteiger charge is 2.22. The molecule has 0 unspecified atom stereocenters.